The summed E-state index contributed by atoms with van der Waals surface area (Å²) in [6.45, 7) is 3.39. The monoisotopic (exact) mass is 542 g/mol. The number of rotatable bonds is 5. The van der Waals surface area contributed by atoms with Crippen LogP contribution in [0.4, 0.5) is 42.5 Å². The maximum atomic E-state index is 13.8. The standard InChI is InChI=1S/C24H24F6N6O2/c1-4-17-13-35(19-12-16(24(28,29)30)9-10-18(19)36(17)22(37)38-5-2)20(21-31-33-34(3)32-21)14-7-6-8-15(11-14)23(25,26)27/h6-12,17,20H,4-5,13H2,1-3H3. The molecule has 2 heterocycles. The first-order chi connectivity index (χ1) is 17.8. The number of alkyl halides is 6. The Kier molecular flexibility index (Phi) is 7.26. The zero-order chi connectivity index (χ0) is 27.8. The molecule has 1 aliphatic heterocycles. The normalized spacial score (nSPS) is 16.8. The quantitative estimate of drug-likeness (QED) is 0.391. The SMILES string of the molecule is CCOC(=O)N1c2ccc(C(F)(F)F)cc2N(C(c2cccc(C(F)(F)F)c2)c2nnn(C)n2)CC1CC. The van der Waals surface area contributed by atoms with Crippen molar-refractivity contribution in [2.24, 2.45) is 7.05 Å². The van der Waals surface area contributed by atoms with Crippen molar-refractivity contribution in [2.45, 2.75) is 44.7 Å². The van der Waals surface area contributed by atoms with Crippen LogP contribution in [0.3, 0.4) is 0 Å². The Labute approximate surface area is 213 Å². The van der Waals surface area contributed by atoms with Gasteiger partial charge in [-0.1, -0.05) is 19.1 Å². The van der Waals surface area contributed by atoms with Crippen LogP contribution >= 0.6 is 0 Å². The molecular weight excluding hydrogens is 518 g/mol. The van der Waals surface area contributed by atoms with Gasteiger partial charge in [0.05, 0.1) is 42.2 Å². The van der Waals surface area contributed by atoms with E-state index < -0.39 is 41.7 Å². The van der Waals surface area contributed by atoms with E-state index in [1.54, 1.807) is 13.8 Å². The molecule has 8 nitrogen and oxygen atoms in total. The minimum atomic E-state index is -4.71. The van der Waals surface area contributed by atoms with E-state index in [1.165, 1.54) is 29.0 Å². The first kappa shape index (κ1) is 27.2. The van der Waals surface area contributed by atoms with Gasteiger partial charge in [-0.3, -0.25) is 4.90 Å². The molecule has 3 aromatic rings. The van der Waals surface area contributed by atoms with Gasteiger partial charge in [0, 0.05) is 6.54 Å². The third-order valence-corrected chi connectivity index (χ3v) is 6.19. The van der Waals surface area contributed by atoms with Gasteiger partial charge in [0.25, 0.3) is 0 Å². The Morgan fingerprint density at radius 2 is 1.71 bits per heavy atom. The van der Waals surface area contributed by atoms with Crippen molar-refractivity contribution >= 4 is 17.5 Å². The van der Waals surface area contributed by atoms with Gasteiger partial charge in [0.2, 0.25) is 5.82 Å². The number of carbonyl (C=O) groups is 1. The lowest BCUT2D eigenvalue weighted by molar-refractivity contribution is -0.138. The number of hydrogen-bond donors (Lipinski definition) is 0. The zero-order valence-electron chi connectivity index (χ0n) is 20.6. The summed E-state index contributed by atoms with van der Waals surface area (Å²) in [6.07, 6.45) is -9.74. The van der Waals surface area contributed by atoms with Gasteiger partial charge >= 0.3 is 18.4 Å². The number of nitrogens with zero attached hydrogens (tertiary/aromatic N) is 6. The van der Waals surface area contributed by atoms with Crippen LogP contribution in [-0.4, -0.2) is 45.5 Å². The summed E-state index contributed by atoms with van der Waals surface area (Å²) < 4.78 is 87.2. The van der Waals surface area contributed by atoms with Crippen LogP contribution in [0.15, 0.2) is 42.5 Å². The van der Waals surface area contributed by atoms with Crippen LogP contribution in [0.2, 0.25) is 0 Å². The van der Waals surface area contributed by atoms with Crippen molar-refractivity contribution < 1.29 is 35.9 Å². The molecule has 38 heavy (non-hydrogen) atoms. The summed E-state index contributed by atoms with van der Waals surface area (Å²) in [5.41, 5.74) is -1.75. The van der Waals surface area contributed by atoms with Gasteiger partial charge in [-0.15, -0.1) is 10.2 Å². The molecule has 0 fully saturated rings. The molecular formula is C24H24F6N6O2. The van der Waals surface area contributed by atoms with Crippen molar-refractivity contribution in [3.05, 3.63) is 65.0 Å². The molecule has 0 saturated heterocycles. The largest absolute Gasteiger partial charge is 0.449 e. The first-order valence-corrected chi connectivity index (χ1v) is 11.7. The third kappa shape index (κ3) is 5.24. The number of benzene rings is 2. The fraction of sp³-hybridized carbons (Fsp3) is 0.417. The topological polar surface area (TPSA) is 76.4 Å². The summed E-state index contributed by atoms with van der Waals surface area (Å²) >= 11 is 0. The highest BCUT2D eigenvalue weighted by Crippen LogP contribution is 2.45. The van der Waals surface area contributed by atoms with Gasteiger partial charge in [-0.05, 0) is 54.5 Å². The third-order valence-electron chi connectivity index (χ3n) is 6.19. The fourth-order valence-corrected chi connectivity index (χ4v) is 4.50. The molecule has 0 aliphatic carbocycles. The van der Waals surface area contributed by atoms with Gasteiger partial charge < -0.3 is 9.64 Å². The second kappa shape index (κ2) is 10.1. The Balaban J connectivity index is 1.97. The van der Waals surface area contributed by atoms with E-state index in [0.717, 1.165) is 35.1 Å². The van der Waals surface area contributed by atoms with Crippen LogP contribution in [-0.2, 0) is 24.1 Å². The van der Waals surface area contributed by atoms with Crippen LogP contribution in [0.1, 0.15) is 48.8 Å². The Morgan fingerprint density at radius 1 is 1.03 bits per heavy atom. The van der Waals surface area contributed by atoms with Crippen LogP contribution in [0.25, 0.3) is 0 Å². The summed E-state index contributed by atoms with van der Waals surface area (Å²) in [5.74, 6) is -0.0189. The second-order valence-corrected chi connectivity index (χ2v) is 8.65. The molecule has 2 atom stereocenters. The van der Waals surface area contributed by atoms with E-state index in [1.807, 2.05) is 0 Å². The number of halogens is 6. The van der Waals surface area contributed by atoms with Crippen molar-refractivity contribution in [1.29, 1.82) is 0 Å². The number of anilines is 2. The highest BCUT2D eigenvalue weighted by atomic mass is 19.4. The van der Waals surface area contributed by atoms with Crippen molar-refractivity contribution in [3.63, 3.8) is 0 Å². The predicted octanol–water partition coefficient (Wildman–Crippen LogP) is 5.60. The average molecular weight is 542 g/mol. The number of aromatic nitrogens is 4. The molecule has 0 radical (unpaired) electrons. The molecule has 2 aromatic carbocycles. The molecule has 0 bridgehead atoms. The van der Waals surface area contributed by atoms with Gasteiger partial charge in [0.1, 0.15) is 6.04 Å². The molecule has 0 spiro atoms. The number of amides is 1. The number of fused-ring (bicyclic) bond motifs is 1. The molecule has 204 valence electrons. The second-order valence-electron chi connectivity index (χ2n) is 8.65. The minimum Gasteiger partial charge on any atom is -0.449 e. The highest BCUT2D eigenvalue weighted by molar-refractivity contribution is 5.95. The zero-order valence-corrected chi connectivity index (χ0v) is 20.6. The Hall–Kier alpha value is -3.84. The van der Waals surface area contributed by atoms with E-state index in [9.17, 15) is 31.1 Å². The van der Waals surface area contributed by atoms with E-state index in [2.05, 4.69) is 15.4 Å². The summed E-state index contributed by atoms with van der Waals surface area (Å²) in [7, 11) is 1.46. The van der Waals surface area contributed by atoms with E-state index >= 15 is 0 Å². The first-order valence-electron chi connectivity index (χ1n) is 11.7. The Morgan fingerprint density at radius 3 is 2.29 bits per heavy atom. The van der Waals surface area contributed by atoms with Crippen LogP contribution < -0.4 is 9.80 Å². The number of carbonyl (C=O) groups excluding carboxylic acids is 1. The molecule has 4 rings (SSSR count). The Bertz CT molecular complexity index is 1310. The van der Waals surface area contributed by atoms with E-state index in [4.69, 9.17) is 4.74 Å². The fourth-order valence-electron chi connectivity index (χ4n) is 4.50. The number of ether oxygens (including phenoxy) is 1. The van der Waals surface area contributed by atoms with Crippen molar-refractivity contribution in [1.82, 2.24) is 20.2 Å². The van der Waals surface area contributed by atoms with Crippen molar-refractivity contribution in [3.8, 4) is 0 Å². The van der Waals surface area contributed by atoms with Crippen LogP contribution in [0.5, 0.6) is 0 Å². The predicted molar refractivity (Wildman–Crippen MR) is 124 cm³/mol. The van der Waals surface area contributed by atoms with Crippen LogP contribution in [0, 0.1) is 0 Å². The van der Waals surface area contributed by atoms with Gasteiger partial charge in [-0.2, -0.15) is 31.1 Å². The maximum absolute atomic E-state index is 13.8. The molecule has 2 unspecified atom stereocenters. The molecule has 0 N–H and O–H groups in total. The summed E-state index contributed by atoms with van der Waals surface area (Å²) in [4.78, 5) is 16.8. The molecule has 14 heteroatoms. The average Bonchev–Trinajstić information content (AvgIpc) is 3.28. The number of tetrazole rings is 1. The summed E-state index contributed by atoms with van der Waals surface area (Å²) in [5, 5.41) is 12.0. The maximum Gasteiger partial charge on any atom is 0.416 e. The van der Waals surface area contributed by atoms with Gasteiger partial charge in [0.15, 0.2) is 0 Å². The smallest absolute Gasteiger partial charge is 0.416 e. The lowest BCUT2D eigenvalue weighted by Crippen LogP contribution is -2.52. The lowest BCUT2D eigenvalue weighted by atomic mass is 9.96. The van der Waals surface area contributed by atoms with E-state index in [0.29, 0.717) is 6.42 Å². The number of hydrogen-bond acceptors (Lipinski definition) is 6. The molecule has 0 saturated carbocycles. The molecule has 1 aromatic heterocycles. The molecule has 1 amide bonds. The highest BCUT2D eigenvalue weighted by Gasteiger charge is 2.42. The lowest BCUT2D eigenvalue weighted by Gasteiger charge is -2.45. The summed E-state index contributed by atoms with van der Waals surface area (Å²) in [6, 6.07) is 5.59. The molecule has 1 aliphatic rings. The van der Waals surface area contributed by atoms with Gasteiger partial charge in [-0.25, -0.2) is 4.79 Å². The van der Waals surface area contributed by atoms with Crippen molar-refractivity contribution in [2.75, 3.05) is 23.0 Å². The number of aryl methyl sites for hydroxylation is 1. The minimum absolute atomic E-state index is 0.0189. The van der Waals surface area contributed by atoms with E-state index in [-0.39, 0.29) is 35.9 Å².